The van der Waals surface area contributed by atoms with E-state index >= 15 is 0 Å². The molecule has 0 aliphatic carbocycles. The van der Waals surface area contributed by atoms with E-state index in [0.29, 0.717) is 13.1 Å². The summed E-state index contributed by atoms with van der Waals surface area (Å²) in [5, 5.41) is 39.8. The molecule has 2 aromatic heterocycles. The summed E-state index contributed by atoms with van der Waals surface area (Å²) in [7, 11) is 0. The highest BCUT2D eigenvalue weighted by atomic mass is 16.6. The maximum Gasteiger partial charge on any atom is 0.202 e. The zero-order chi connectivity index (χ0) is 18.8. The van der Waals surface area contributed by atoms with Crippen LogP contribution in [0.4, 0.5) is 11.6 Å². The second-order valence-electron chi connectivity index (χ2n) is 5.85. The van der Waals surface area contributed by atoms with Gasteiger partial charge in [0.15, 0.2) is 23.0 Å². The van der Waals surface area contributed by atoms with Crippen LogP contribution in [0.2, 0.25) is 0 Å². The van der Waals surface area contributed by atoms with Gasteiger partial charge in [0, 0.05) is 25.2 Å². The van der Waals surface area contributed by atoms with Crippen LogP contribution in [0.15, 0.2) is 19.6 Å². The maximum absolute atomic E-state index is 9.47. The second-order valence-corrected chi connectivity index (χ2v) is 5.85. The molecule has 1 aliphatic rings. The summed E-state index contributed by atoms with van der Waals surface area (Å²) >= 11 is 0. The van der Waals surface area contributed by atoms with Crippen LogP contribution in [0.1, 0.15) is 25.2 Å². The molecule has 0 spiro atoms. The number of piperazine rings is 1. The first-order valence-corrected chi connectivity index (χ1v) is 7.62. The van der Waals surface area contributed by atoms with Crippen LogP contribution in [-0.4, -0.2) is 77.7 Å². The molecule has 14 heteroatoms. The van der Waals surface area contributed by atoms with Gasteiger partial charge in [0.25, 0.3) is 0 Å². The standard InChI is InChI=1S/C12H18N10O4/c1-5-3-21(11(15-23)7-9(13)19-25-17-7)4-6(2)22(5)12(16-24)8-10(14)20-26-18-8/h5-6,23-24H,3-4H2,1-2H3,(H2,13,19)(H2,14,20)/b15-11+,16-12+. The van der Waals surface area contributed by atoms with E-state index < -0.39 is 0 Å². The van der Waals surface area contributed by atoms with Gasteiger partial charge in [0.1, 0.15) is 0 Å². The third-order valence-corrected chi connectivity index (χ3v) is 4.10. The molecule has 3 heterocycles. The fourth-order valence-corrected chi connectivity index (χ4v) is 3.10. The number of nitrogen functional groups attached to an aromatic ring is 2. The Kier molecular flexibility index (Phi) is 4.47. The molecular weight excluding hydrogens is 348 g/mol. The second kappa shape index (κ2) is 6.73. The maximum atomic E-state index is 9.47. The van der Waals surface area contributed by atoms with E-state index in [0.717, 1.165) is 0 Å². The van der Waals surface area contributed by atoms with Gasteiger partial charge in [0.2, 0.25) is 11.7 Å². The van der Waals surface area contributed by atoms with Crippen LogP contribution in [0, 0.1) is 0 Å². The summed E-state index contributed by atoms with van der Waals surface area (Å²) < 4.78 is 9.15. The number of aromatic nitrogens is 4. The van der Waals surface area contributed by atoms with E-state index in [9.17, 15) is 10.4 Å². The number of amidine groups is 2. The van der Waals surface area contributed by atoms with Gasteiger partial charge < -0.3 is 31.7 Å². The molecule has 0 radical (unpaired) electrons. The third-order valence-electron chi connectivity index (χ3n) is 4.10. The van der Waals surface area contributed by atoms with Gasteiger partial charge >= 0.3 is 0 Å². The number of oxime groups is 2. The highest BCUT2D eigenvalue weighted by Gasteiger charge is 2.37. The molecule has 14 nitrogen and oxygen atoms in total. The lowest BCUT2D eigenvalue weighted by atomic mass is 10.1. The molecule has 1 aliphatic heterocycles. The zero-order valence-electron chi connectivity index (χ0n) is 14.0. The van der Waals surface area contributed by atoms with Crippen LogP contribution >= 0.6 is 0 Å². The molecule has 0 saturated carbocycles. The Morgan fingerprint density at radius 1 is 0.923 bits per heavy atom. The normalized spacial score (nSPS) is 22.1. The van der Waals surface area contributed by atoms with Crippen molar-refractivity contribution in [2.45, 2.75) is 25.9 Å². The fourth-order valence-electron chi connectivity index (χ4n) is 3.10. The van der Waals surface area contributed by atoms with Crippen LogP contribution < -0.4 is 11.5 Å². The lowest BCUT2D eigenvalue weighted by Crippen LogP contribution is -2.60. The number of hydrogen-bond donors (Lipinski definition) is 4. The quantitative estimate of drug-likeness (QED) is 0.218. The molecule has 2 unspecified atom stereocenters. The number of rotatable bonds is 2. The van der Waals surface area contributed by atoms with Crippen molar-refractivity contribution in [3.05, 3.63) is 11.4 Å². The summed E-state index contributed by atoms with van der Waals surface area (Å²) in [4.78, 5) is 3.58. The predicted molar refractivity (Wildman–Crippen MR) is 86.4 cm³/mol. The zero-order valence-corrected chi connectivity index (χ0v) is 14.0. The van der Waals surface area contributed by atoms with Crippen LogP contribution in [0.3, 0.4) is 0 Å². The van der Waals surface area contributed by atoms with Gasteiger partial charge in [-0.2, -0.15) is 0 Å². The van der Waals surface area contributed by atoms with E-state index in [1.807, 2.05) is 18.7 Å². The van der Waals surface area contributed by atoms with Crippen molar-refractivity contribution in [1.82, 2.24) is 30.4 Å². The van der Waals surface area contributed by atoms with Crippen LogP contribution in [-0.2, 0) is 0 Å². The van der Waals surface area contributed by atoms with E-state index in [-0.39, 0.29) is 46.8 Å². The van der Waals surface area contributed by atoms with Gasteiger partial charge in [-0.3, -0.25) is 0 Å². The van der Waals surface area contributed by atoms with Gasteiger partial charge in [-0.05, 0) is 34.5 Å². The van der Waals surface area contributed by atoms with Crippen molar-refractivity contribution in [1.29, 1.82) is 0 Å². The average Bonchev–Trinajstić information content (AvgIpc) is 3.21. The monoisotopic (exact) mass is 366 g/mol. The molecule has 140 valence electrons. The van der Waals surface area contributed by atoms with Crippen molar-refractivity contribution < 1.29 is 19.7 Å². The highest BCUT2D eigenvalue weighted by Crippen LogP contribution is 2.23. The smallest absolute Gasteiger partial charge is 0.202 e. The fraction of sp³-hybridized carbons (Fsp3) is 0.500. The van der Waals surface area contributed by atoms with Crippen molar-refractivity contribution >= 4 is 23.3 Å². The van der Waals surface area contributed by atoms with Gasteiger partial charge in [-0.25, -0.2) is 9.26 Å². The lowest BCUT2D eigenvalue weighted by molar-refractivity contribution is 0.132. The summed E-state index contributed by atoms with van der Waals surface area (Å²) in [5.41, 5.74) is 11.7. The molecule has 2 atom stereocenters. The number of nitrogens with two attached hydrogens (primary N) is 2. The molecule has 0 amide bonds. The summed E-state index contributed by atoms with van der Waals surface area (Å²) in [6.07, 6.45) is 0. The first-order chi connectivity index (χ1) is 12.5. The predicted octanol–water partition coefficient (Wildman–Crippen LogP) is -1.02. The Labute approximate surface area is 146 Å². The first kappa shape index (κ1) is 17.2. The minimum absolute atomic E-state index is 0.0127. The van der Waals surface area contributed by atoms with Crippen molar-refractivity contribution in [2.24, 2.45) is 10.3 Å². The van der Waals surface area contributed by atoms with E-state index in [1.165, 1.54) is 0 Å². The molecule has 6 N–H and O–H groups in total. The Morgan fingerprint density at radius 3 is 1.77 bits per heavy atom. The number of nitrogens with zero attached hydrogens (tertiary/aromatic N) is 8. The van der Waals surface area contributed by atoms with Crippen LogP contribution in [0.5, 0.6) is 0 Å². The average molecular weight is 366 g/mol. The minimum Gasteiger partial charge on any atom is -0.409 e. The highest BCUT2D eigenvalue weighted by molar-refractivity contribution is 6.02. The SMILES string of the molecule is CC1CN(/C(=N/O)c2nonc2N)CC(C)N1/C(=N/O)c1nonc1N. The van der Waals surface area contributed by atoms with Gasteiger partial charge in [-0.1, -0.05) is 10.3 Å². The summed E-state index contributed by atoms with van der Waals surface area (Å²) in [6, 6.07) is -0.392. The third kappa shape index (κ3) is 2.80. The van der Waals surface area contributed by atoms with Gasteiger partial charge in [0.05, 0.1) is 0 Å². The Hall–Kier alpha value is -3.58. The van der Waals surface area contributed by atoms with Gasteiger partial charge in [-0.15, -0.1) is 0 Å². The molecular formula is C12H18N10O4. The van der Waals surface area contributed by atoms with Crippen molar-refractivity contribution in [2.75, 3.05) is 24.6 Å². The van der Waals surface area contributed by atoms with E-state index in [4.69, 9.17) is 11.5 Å². The van der Waals surface area contributed by atoms with E-state index in [2.05, 4.69) is 40.2 Å². The topological polar surface area (TPSA) is 202 Å². The number of hydrogen-bond acceptors (Lipinski definition) is 12. The first-order valence-electron chi connectivity index (χ1n) is 7.62. The molecule has 26 heavy (non-hydrogen) atoms. The van der Waals surface area contributed by atoms with Crippen LogP contribution in [0.25, 0.3) is 0 Å². The molecule has 1 fully saturated rings. The Morgan fingerprint density at radius 2 is 1.38 bits per heavy atom. The molecule has 2 aromatic rings. The molecule has 0 bridgehead atoms. The molecule has 1 saturated heterocycles. The van der Waals surface area contributed by atoms with Crippen molar-refractivity contribution in [3.8, 4) is 0 Å². The lowest BCUT2D eigenvalue weighted by Gasteiger charge is -2.45. The Balaban J connectivity index is 1.86. The number of anilines is 2. The summed E-state index contributed by atoms with van der Waals surface area (Å²) in [6.45, 7) is 4.55. The van der Waals surface area contributed by atoms with Crippen molar-refractivity contribution in [3.63, 3.8) is 0 Å². The molecule has 3 rings (SSSR count). The summed E-state index contributed by atoms with van der Waals surface area (Å²) in [5.74, 6) is 0.291. The van der Waals surface area contributed by atoms with E-state index in [1.54, 1.807) is 4.90 Å². The Bertz CT molecular complexity index is 818. The largest absolute Gasteiger partial charge is 0.409 e. The molecule has 0 aromatic carbocycles. The minimum atomic E-state index is -0.196.